The molecule has 2 rings (SSSR count). The molecule has 0 aromatic heterocycles. The minimum absolute atomic E-state index is 0.250. The van der Waals surface area contributed by atoms with Crippen molar-refractivity contribution in [3.05, 3.63) is 0 Å². The molecular weight excluding hydrogens is 302 g/mol. The number of nitrogens with one attached hydrogen (secondary N) is 2. The summed E-state index contributed by atoms with van der Waals surface area (Å²) in [7, 11) is 0. The standard InChI is InChI=1S/C18H35N5O/c1-4-17(24)23-11-8-16(14-23)21-18(19-5-2)20-9-12-22-10-6-7-15(3)13-22/h15-16H,4-14H2,1-3H3,(H2,19,20,21). The Morgan fingerprint density at radius 2 is 2.04 bits per heavy atom. The molecule has 2 heterocycles. The van der Waals surface area contributed by atoms with Crippen LogP contribution in [0.15, 0.2) is 4.99 Å². The summed E-state index contributed by atoms with van der Waals surface area (Å²) in [6, 6.07) is 0.313. The summed E-state index contributed by atoms with van der Waals surface area (Å²) in [5.74, 6) is 1.95. The molecule has 0 spiro atoms. The number of piperidine rings is 1. The lowest BCUT2D eigenvalue weighted by Gasteiger charge is -2.30. The lowest BCUT2D eigenvalue weighted by Crippen LogP contribution is -2.45. The molecule has 0 radical (unpaired) electrons. The smallest absolute Gasteiger partial charge is 0.222 e. The molecule has 0 aromatic carbocycles. The average Bonchev–Trinajstić information content (AvgIpc) is 3.03. The quantitative estimate of drug-likeness (QED) is 0.566. The van der Waals surface area contributed by atoms with Gasteiger partial charge < -0.3 is 20.4 Å². The predicted molar refractivity (Wildman–Crippen MR) is 99.2 cm³/mol. The Kier molecular flexibility index (Phi) is 7.82. The molecule has 2 N–H and O–H groups in total. The molecule has 2 saturated heterocycles. The van der Waals surface area contributed by atoms with Gasteiger partial charge in [-0.2, -0.15) is 0 Å². The molecule has 138 valence electrons. The first-order chi connectivity index (χ1) is 11.6. The average molecular weight is 338 g/mol. The third-order valence-corrected chi connectivity index (χ3v) is 4.96. The molecule has 6 nitrogen and oxygen atoms in total. The molecule has 0 saturated carbocycles. The first-order valence-corrected chi connectivity index (χ1v) is 9.67. The molecular formula is C18H35N5O. The van der Waals surface area contributed by atoms with E-state index in [1.54, 1.807) is 0 Å². The minimum Gasteiger partial charge on any atom is -0.357 e. The van der Waals surface area contributed by atoms with E-state index in [4.69, 9.17) is 4.99 Å². The van der Waals surface area contributed by atoms with E-state index in [2.05, 4.69) is 29.4 Å². The molecule has 6 heteroatoms. The Bertz CT molecular complexity index is 426. The SMILES string of the molecule is CCNC(=NCCN1CCCC(C)C1)NC1CCN(C(=O)CC)C1. The number of carbonyl (C=O) groups is 1. The zero-order valence-electron chi connectivity index (χ0n) is 15.7. The van der Waals surface area contributed by atoms with E-state index in [9.17, 15) is 4.79 Å². The lowest BCUT2D eigenvalue weighted by molar-refractivity contribution is -0.129. The second-order valence-electron chi connectivity index (χ2n) is 7.13. The summed E-state index contributed by atoms with van der Waals surface area (Å²) in [5, 5.41) is 6.83. The third kappa shape index (κ3) is 5.96. The number of likely N-dealkylation sites (tertiary alicyclic amines) is 2. The molecule has 0 bridgehead atoms. The summed E-state index contributed by atoms with van der Waals surface area (Å²) < 4.78 is 0. The maximum atomic E-state index is 11.8. The first-order valence-electron chi connectivity index (χ1n) is 9.67. The predicted octanol–water partition coefficient (Wildman–Crippen LogP) is 1.28. The van der Waals surface area contributed by atoms with Crippen LogP contribution in [0.5, 0.6) is 0 Å². The van der Waals surface area contributed by atoms with Crippen LogP contribution in [0.3, 0.4) is 0 Å². The van der Waals surface area contributed by atoms with Gasteiger partial charge in [0.15, 0.2) is 5.96 Å². The van der Waals surface area contributed by atoms with E-state index >= 15 is 0 Å². The van der Waals surface area contributed by atoms with Crippen LogP contribution in [-0.4, -0.2) is 73.5 Å². The van der Waals surface area contributed by atoms with Crippen LogP contribution < -0.4 is 10.6 Å². The van der Waals surface area contributed by atoms with Crippen molar-refractivity contribution in [2.45, 2.75) is 52.5 Å². The van der Waals surface area contributed by atoms with Crippen LogP contribution in [0.1, 0.15) is 46.5 Å². The van der Waals surface area contributed by atoms with E-state index < -0.39 is 0 Å². The van der Waals surface area contributed by atoms with Crippen molar-refractivity contribution in [3.8, 4) is 0 Å². The number of nitrogens with zero attached hydrogens (tertiary/aromatic N) is 3. The van der Waals surface area contributed by atoms with Gasteiger partial charge in [-0.1, -0.05) is 13.8 Å². The number of hydrogen-bond acceptors (Lipinski definition) is 3. The van der Waals surface area contributed by atoms with Gasteiger partial charge in [0.25, 0.3) is 0 Å². The fourth-order valence-electron chi connectivity index (χ4n) is 3.63. The van der Waals surface area contributed by atoms with E-state index in [1.165, 1.54) is 25.9 Å². The molecule has 2 atom stereocenters. The minimum atomic E-state index is 0.250. The maximum Gasteiger partial charge on any atom is 0.222 e. The second kappa shape index (κ2) is 9.87. The van der Waals surface area contributed by atoms with Crippen molar-refractivity contribution in [3.63, 3.8) is 0 Å². The van der Waals surface area contributed by atoms with Crippen LogP contribution in [0, 0.1) is 5.92 Å². The van der Waals surface area contributed by atoms with Gasteiger partial charge in [-0.3, -0.25) is 9.79 Å². The topological polar surface area (TPSA) is 60.0 Å². The molecule has 24 heavy (non-hydrogen) atoms. The highest BCUT2D eigenvalue weighted by Gasteiger charge is 2.25. The summed E-state index contributed by atoms with van der Waals surface area (Å²) in [6.07, 6.45) is 4.26. The second-order valence-corrected chi connectivity index (χ2v) is 7.13. The highest BCUT2D eigenvalue weighted by Crippen LogP contribution is 2.14. The fourth-order valence-corrected chi connectivity index (χ4v) is 3.63. The Balaban J connectivity index is 1.77. The van der Waals surface area contributed by atoms with Gasteiger partial charge in [0, 0.05) is 45.2 Å². The molecule has 1 amide bonds. The lowest BCUT2D eigenvalue weighted by atomic mass is 10.0. The van der Waals surface area contributed by atoms with Crippen LogP contribution in [0.25, 0.3) is 0 Å². The van der Waals surface area contributed by atoms with E-state index in [0.29, 0.717) is 12.5 Å². The van der Waals surface area contributed by atoms with Crippen molar-refractivity contribution in [2.75, 3.05) is 45.8 Å². The number of aliphatic imine (C=N–C) groups is 1. The Hall–Kier alpha value is -1.30. The summed E-state index contributed by atoms with van der Waals surface area (Å²) in [4.78, 5) is 21.0. The monoisotopic (exact) mass is 337 g/mol. The number of amides is 1. The van der Waals surface area contributed by atoms with Crippen molar-refractivity contribution in [2.24, 2.45) is 10.9 Å². The molecule has 0 aromatic rings. The third-order valence-electron chi connectivity index (χ3n) is 4.96. The van der Waals surface area contributed by atoms with E-state index in [1.807, 2.05) is 11.8 Å². The summed E-state index contributed by atoms with van der Waals surface area (Å²) in [6.45, 7) is 13.1. The normalized spacial score (nSPS) is 25.8. The maximum absolute atomic E-state index is 11.8. The molecule has 2 aliphatic rings. The number of carbonyl (C=O) groups excluding carboxylic acids is 1. The molecule has 2 fully saturated rings. The van der Waals surface area contributed by atoms with Crippen molar-refractivity contribution >= 4 is 11.9 Å². The van der Waals surface area contributed by atoms with Crippen LogP contribution >= 0.6 is 0 Å². The van der Waals surface area contributed by atoms with E-state index in [0.717, 1.165) is 51.0 Å². The van der Waals surface area contributed by atoms with Crippen LogP contribution in [-0.2, 0) is 4.79 Å². The van der Waals surface area contributed by atoms with Crippen molar-refractivity contribution in [1.82, 2.24) is 20.4 Å². The number of guanidine groups is 1. The van der Waals surface area contributed by atoms with Gasteiger partial charge in [-0.15, -0.1) is 0 Å². The van der Waals surface area contributed by atoms with Gasteiger partial charge in [0.05, 0.1) is 6.54 Å². The van der Waals surface area contributed by atoms with Gasteiger partial charge >= 0.3 is 0 Å². The van der Waals surface area contributed by atoms with Crippen molar-refractivity contribution in [1.29, 1.82) is 0 Å². The molecule has 2 aliphatic heterocycles. The summed E-state index contributed by atoms with van der Waals surface area (Å²) in [5.41, 5.74) is 0. The number of rotatable bonds is 6. The van der Waals surface area contributed by atoms with Gasteiger partial charge in [-0.05, 0) is 38.6 Å². The van der Waals surface area contributed by atoms with Crippen molar-refractivity contribution < 1.29 is 4.79 Å². The van der Waals surface area contributed by atoms with Gasteiger partial charge in [0.2, 0.25) is 5.91 Å². The Labute approximate surface area is 147 Å². The summed E-state index contributed by atoms with van der Waals surface area (Å²) >= 11 is 0. The zero-order valence-corrected chi connectivity index (χ0v) is 15.7. The highest BCUT2D eigenvalue weighted by atomic mass is 16.2. The number of hydrogen-bond donors (Lipinski definition) is 2. The molecule has 0 aliphatic carbocycles. The zero-order chi connectivity index (χ0) is 17.4. The largest absolute Gasteiger partial charge is 0.357 e. The van der Waals surface area contributed by atoms with E-state index in [-0.39, 0.29) is 5.91 Å². The molecule has 2 unspecified atom stereocenters. The Morgan fingerprint density at radius 1 is 1.21 bits per heavy atom. The van der Waals surface area contributed by atoms with Gasteiger partial charge in [-0.25, -0.2) is 0 Å². The Morgan fingerprint density at radius 3 is 2.75 bits per heavy atom. The fraction of sp³-hybridized carbons (Fsp3) is 0.889. The first kappa shape index (κ1) is 19.0. The van der Waals surface area contributed by atoms with Gasteiger partial charge in [0.1, 0.15) is 0 Å². The highest BCUT2D eigenvalue weighted by molar-refractivity contribution is 5.80. The van der Waals surface area contributed by atoms with Crippen LogP contribution in [0.2, 0.25) is 0 Å². The van der Waals surface area contributed by atoms with Crippen LogP contribution in [0.4, 0.5) is 0 Å².